The van der Waals surface area contributed by atoms with Crippen LogP contribution in [0.4, 0.5) is 0 Å². The summed E-state index contributed by atoms with van der Waals surface area (Å²) in [6.07, 6.45) is 1.83. The minimum Gasteiger partial charge on any atom is -0.478 e. The van der Waals surface area contributed by atoms with E-state index in [1.54, 1.807) is 0 Å². The molecule has 0 aliphatic rings. The summed E-state index contributed by atoms with van der Waals surface area (Å²) in [5, 5.41) is 15.6. The van der Waals surface area contributed by atoms with Crippen molar-refractivity contribution in [2.24, 2.45) is 0 Å². The van der Waals surface area contributed by atoms with Gasteiger partial charge in [-0.05, 0) is 0 Å². The normalized spacial score (nSPS) is 10.3. The van der Waals surface area contributed by atoms with Gasteiger partial charge in [-0.2, -0.15) is 8.42 Å². The molecule has 7 nitrogen and oxygen atoms in total. The maximum absolute atomic E-state index is 9.55. The molecule has 0 fully saturated rings. The molecule has 13 heavy (non-hydrogen) atoms. The minimum absolute atomic E-state index is 0.558. The zero-order chi connectivity index (χ0) is 11.1. The van der Waals surface area contributed by atoms with Crippen LogP contribution in [0.3, 0.4) is 0 Å². The molecule has 0 saturated heterocycles. The Morgan fingerprint density at radius 3 is 1.31 bits per heavy atom. The fourth-order valence-corrected chi connectivity index (χ4v) is 0.143. The van der Waals surface area contributed by atoms with Gasteiger partial charge in [-0.3, -0.25) is 4.55 Å². The molecular weight excluding hydrogens is 204 g/mol. The first-order chi connectivity index (χ1) is 5.63. The van der Waals surface area contributed by atoms with Crippen LogP contribution >= 0.6 is 0 Å². The Morgan fingerprint density at radius 1 is 1.08 bits per heavy atom. The van der Waals surface area contributed by atoms with Crippen LogP contribution in [-0.2, 0) is 19.7 Å². The molecule has 0 unspecified atom stereocenters. The van der Waals surface area contributed by atoms with Crippen LogP contribution < -0.4 is 0 Å². The highest BCUT2D eigenvalue weighted by Gasteiger charge is 1.88. The van der Waals surface area contributed by atoms with E-state index in [0.717, 1.165) is 0 Å². The van der Waals surface area contributed by atoms with E-state index in [2.05, 4.69) is 0 Å². The Bertz CT molecular complexity index is 275. The molecule has 0 atom stereocenters. The molecule has 0 amide bonds. The zero-order valence-corrected chi connectivity index (χ0v) is 7.35. The molecule has 0 heterocycles. The van der Waals surface area contributed by atoms with Gasteiger partial charge in [0.05, 0.1) is 6.26 Å². The van der Waals surface area contributed by atoms with Crippen molar-refractivity contribution < 1.29 is 32.8 Å². The van der Waals surface area contributed by atoms with Gasteiger partial charge in [0.15, 0.2) is 0 Å². The summed E-state index contributed by atoms with van der Waals surface area (Å²) in [7, 11) is -3.67. The molecule has 0 saturated carbocycles. The largest absolute Gasteiger partial charge is 0.478 e. The highest BCUT2D eigenvalue weighted by Crippen LogP contribution is 1.70. The number of carbonyl (C=O) groups is 2. The van der Waals surface area contributed by atoms with Crippen LogP contribution in [0.2, 0.25) is 0 Å². The van der Waals surface area contributed by atoms with Crippen molar-refractivity contribution >= 4 is 22.1 Å². The van der Waals surface area contributed by atoms with E-state index in [1.807, 2.05) is 0 Å². The Labute approximate surface area is 74.1 Å². The molecule has 0 spiro atoms. The SMILES string of the molecule is CS(=O)(=O)O.O=C(O)/C=C/C(=O)O. The molecule has 0 aromatic heterocycles. The van der Waals surface area contributed by atoms with Crippen molar-refractivity contribution in [3.8, 4) is 0 Å². The molecule has 3 N–H and O–H groups in total. The second-order valence-corrected chi connectivity index (χ2v) is 3.21. The van der Waals surface area contributed by atoms with E-state index in [1.165, 1.54) is 0 Å². The predicted octanol–water partition coefficient (Wildman–Crippen LogP) is -0.784. The minimum atomic E-state index is -3.67. The van der Waals surface area contributed by atoms with E-state index in [9.17, 15) is 18.0 Å². The first-order valence-electron chi connectivity index (χ1n) is 2.69. The third kappa shape index (κ3) is 60.6. The fourth-order valence-electron chi connectivity index (χ4n) is 0.143. The third-order valence-corrected chi connectivity index (χ3v) is 0.368. The Balaban J connectivity index is 0. The van der Waals surface area contributed by atoms with Crippen LogP contribution in [0, 0.1) is 0 Å². The lowest BCUT2D eigenvalue weighted by molar-refractivity contribution is -0.134. The molecule has 0 aromatic rings. The molecule has 0 aromatic carbocycles. The lowest BCUT2D eigenvalue weighted by Gasteiger charge is -1.74. The quantitative estimate of drug-likeness (QED) is 0.404. The number of aliphatic carboxylic acids is 2. The molecular formula is C5H8O7S. The number of carboxylic acid groups (broad SMARTS) is 2. The maximum Gasteiger partial charge on any atom is 0.328 e. The van der Waals surface area contributed by atoms with Gasteiger partial charge in [-0.25, -0.2) is 9.59 Å². The summed E-state index contributed by atoms with van der Waals surface area (Å²) >= 11 is 0. The van der Waals surface area contributed by atoms with E-state index >= 15 is 0 Å². The topological polar surface area (TPSA) is 129 Å². The van der Waals surface area contributed by atoms with Crippen molar-refractivity contribution in [3.05, 3.63) is 12.2 Å². The van der Waals surface area contributed by atoms with E-state index in [0.29, 0.717) is 18.4 Å². The van der Waals surface area contributed by atoms with Gasteiger partial charge in [0.25, 0.3) is 10.1 Å². The van der Waals surface area contributed by atoms with Gasteiger partial charge in [-0.15, -0.1) is 0 Å². The number of rotatable bonds is 2. The smallest absolute Gasteiger partial charge is 0.328 e. The fraction of sp³-hybridized carbons (Fsp3) is 0.200. The third-order valence-electron chi connectivity index (χ3n) is 0.368. The first-order valence-corrected chi connectivity index (χ1v) is 4.54. The second-order valence-electron chi connectivity index (χ2n) is 1.74. The van der Waals surface area contributed by atoms with Crippen molar-refractivity contribution in [1.29, 1.82) is 0 Å². The maximum atomic E-state index is 9.55. The monoisotopic (exact) mass is 212 g/mol. The van der Waals surface area contributed by atoms with Gasteiger partial charge in [-0.1, -0.05) is 0 Å². The van der Waals surface area contributed by atoms with Gasteiger partial charge >= 0.3 is 11.9 Å². The van der Waals surface area contributed by atoms with E-state index < -0.39 is 22.1 Å². The summed E-state index contributed by atoms with van der Waals surface area (Å²) < 4.78 is 25.9. The van der Waals surface area contributed by atoms with Crippen LogP contribution in [-0.4, -0.2) is 41.4 Å². The molecule has 0 aliphatic heterocycles. The number of hydrogen-bond acceptors (Lipinski definition) is 4. The average Bonchev–Trinajstić information content (AvgIpc) is 1.79. The van der Waals surface area contributed by atoms with Gasteiger partial charge < -0.3 is 10.2 Å². The summed E-state index contributed by atoms with van der Waals surface area (Å²) in [6.45, 7) is 0. The molecule has 76 valence electrons. The zero-order valence-electron chi connectivity index (χ0n) is 6.54. The Hall–Kier alpha value is -1.41. The van der Waals surface area contributed by atoms with Gasteiger partial charge in [0.1, 0.15) is 0 Å². The first kappa shape index (κ1) is 14.1. The summed E-state index contributed by atoms with van der Waals surface area (Å²) in [6, 6.07) is 0. The molecule has 8 heteroatoms. The van der Waals surface area contributed by atoms with Crippen molar-refractivity contribution in [3.63, 3.8) is 0 Å². The average molecular weight is 212 g/mol. The van der Waals surface area contributed by atoms with Crippen LogP contribution in [0.1, 0.15) is 0 Å². The van der Waals surface area contributed by atoms with Crippen LogP contribution in [0.5, 0.6) is 0 Å². The second kappa shape index (κ2) is 6.14. The molecule has 0 aliphatic carbocycles. The van der Waals surface area contributed by atoms with Crippen molar-refractivity contribution in [2.45, 2.75) is 0 Å². The summed E-state index contributed by atoms with van der Waals surface area (Å²) in [5.41, 5.74) is 0. The Kier molecular flexibility index (Phi) is 6.68. The molecule has 0 radical (unpaired) electrons. The van der Waals surface area contributed by atoms with Crippen LogP contribution in [0.15, 0.2) is 12.2 Å². The van der Waals surface area contributed by atoms with Gasteiger partial charge in [0, 0.05) is 12.2 Å². The van der Waals surface area contributed by atoms with E-state index in [4.69, 9.17) is 14.8 Å². The lowest BCUT2D eigenvalue weighted by atomic mass is 10.5. The predicted molar refractivity (Wildman–Crippen MR) is 41.9 cm³/mol. The van der Waals surface area contributed by atoms with Crippen LogP contribution in [0.25, 0.3) is 0 Å². The highest BCUT2D eigenvalue weighted by atomic mass is 32.2. The van der Waals surface area contributed by atoms with E-state index in [-0.39, 0.29) is 0 Å². The number of carboxylic acids is 2. The number of hydrogen-bond donors (Lipinski definition) is 3. The molecule has 0 rings (SSSR count). The van der Waals surface area contributed by atoms with Crippen molar-refractivity contribution in [2.75, 3.05) is 6.26 Å². The Morgan fingerprint density at radius 2 is 1.23 bits per heavy atom. The highest BCUT2D eigenvalue weighted by molar-refractivity contribution is 7.85. The standard InChI is InChI=1S/C4H4O4.CH4O3S/c5-3(6)1-2-4(7)8;1-5(2,3)4/h1-2H,(H,5,6)(H,7,8);1H3,(H,2,3,4)/b2-1+;. The van der Waals surface area contributed by atoms with Gasteiger partial charge in [0.2, 0.25) is 0 Å². The lowest BCUT2D eigenvalue weighted by Crippen LogP contribution is -1.91. The summed E-state index contributed by atoms with van der Waals surface area (Å²) in [4.78, 5) is 19.1. The summed E-state index contributed by atoms with van der Waals surface area (Å²) in [5.74, 6) is -2.51. The molecule has 0 bridgehead atoms. The van der Waals surface area contributed by atoms with Crippen molar-refractivity contribution in [1.82, 2.24) is 0 Å².